The van der Waals surface area contributed by atoms with E-state index in [0.29, 0.717) is 41.0 Å². The highest BCUT2D eigenvalue weighted by atomic mass is 32.1. The van der Waals surface area contributed by atoms with Crippen molar-refractivity contribution in [2.24, 2.45) is 16.8 Å². The van der Waals surface area contributed by atoms with Gasteiger partial charge in [0, 0.05) is 24.1 Å². The van der Waals surface area contributed by atoms with Crippen LogP contribution in [0.3, 0.4) is 0 Å². The van der Waals surface area contributed by atoms with Crippen LogP contribution < -0.4 is 15.9 Å². The minimum absolute atomic E-state index is 0.0321. The summed E-state index contributed by atoms with van der Waals surface area (Å²) in [5.41, 5.74) is 7.08. The van der Waals surface area contributed by atoms with Gasteiger partial charge in [-0.2, -0.15) is 5.26 Å². The molecule has 1 aromatic carbocycles. The van der Waals surface area contributed by atoms with Crippen LogP contribution >= 0.6 is 11.3 Å². The molecule has 0 radical (unpaired) electrons. The van der Waals surface area contributed by atoms with Crippen LogP contribution in [0.25, 0.3) is 21.1 Å². The molecule has 3 N–H and O–H groups in total. The van der Waals surface area contributed by atoms with Crippen LogP contribution in [0.4, 0.5) is 4.39 Å². The van der Waals surface area contributed by atoms with Crippen molar-refractivity contribution in [1.29, 1.82) is 5.26 Å². The predicted molar refractivity (Wildman–Crippen MR) is 124 cm³/mol. The van der Waals surface area contributed by atoms with Gasteiger partial charge in [0.2, 0.25) is 5.43 Å². The van der Waals surface area contributed by atoms with Crippen LogP contribution in [0.5, 0.6) is 11.5 Å². The standard InChI is InChI=1S/C23H23FN4O4S/c1-31-22-17(10-5-11(8-25)15(6-10)27-32-2)14(24)7-13-19(22)28(12-3-4-12)23-18(20(13)29)21(30)16(9-26)33-23/h7,10-12,30H,3-6,8,25H2,1-2H3. The molecule has 2 saturated carbocycles. The van der Waals surface area contributed by atoms with Gasteiger partial charge in [-0.15, -0.1) is 11.3 Å². The summed E-state index contributed by atoms with van der Waals surface area (Å²) in [5.74, 6) is -0.856. The van der Waals surface area contributed by atoms with Gasteiger partial charge in [-0.05, 0) is 37.7 Å². The fourth-order valence-corrected chi connectivity index (χ4v) is 6.14. The smallest absolute Gasteiger partial charge is 0.202 e. The van der Waals surface area contributed by atoms with E-state index in [1.54, 1.807) is 0 Å². The monoisotopic (exact) mass is 470 g/mol. The third-order valence-electron chi connectivity index (χ3n) is 6.65. The van der Waals surface area contributed by atoms with Gasteiger partial charge in [0.15, 0.2) is 5.75 Å². The summed E-state index contributed by atoms with van der Waals surface area (Å²) in [6.07, 6.45) is 2.83. The molecule has 2 heterocycles. The molecule has 2 aromatic heterocycles. The maximum absolute atomic E-state index is 15.6. The molecule has 172 valence electrons. The van der Waals surface area contributed by atoms with Crippen molar-refractivity contribution in [1.82, 2.24) is 4.57 Å². The van der Waals surface area contributed by atoms with Gasteiger partial charge in [-0.1, -0.05) is 5.16 Å². The van der Waals surface area contributed by atoms with E-state index in [9.17, 15) is 15.2 Å². The normalized spacial score (nSPS) is 21.7. The highest BCUT2D eigenvalue weighted by Gasteiger charge is 2.38. The number of oxime groups is 1. The SMILES string of the molecule is CON=C1CC(c2c(F)cc3c(=O)c4c(O)c(C#N)sc4n(C4CC4)c3c2OC)CC1CN. The lowest BCUT2D eigenvalue weighted by Gasteiger charge is -2.21. The summed E-state index contributed by atoms with van der Waals surface area (Å²) in [6, 6.07) is 3.27. The van der Waals surface area contributed by atoms with Gasteiger partial charge in [0.1, 0.15) is 39.8 Å². The largest absolute Gasteiger partial charge is 0.505 e. The zero-order chi connectivity index (χ0) is 23.4. The van der Waals surface area contributed by atoms with E-state index in [1.165, 1.54) is 20.3 Å². The lowest BCUT2D eigenvalue weighted by atomic mass is 9.93. The first kappa shape index (κ1) is 21.7. The molecule has 0 saturated heterocycles. The fraction of sp³-hybridized carbons (Fsp3) is 0.435. The molecule has 8 nitrogen and oxygen atoms in total. The van der Waals surface area contributed by atoms with Gasteiger partial charge in [-0.3, -0.25) is 4.79 Å². The van der Waals surface area contributed by atoms with Crippen molar-refractivity contribution in [2.45, 2.75) is 37.6 Å². The molecule has 10 heteroatoms. The van der Waals surface area contributed by atoms with Crippen LogP contribution in [0.1, 0.15) is 48.1 Å². The van der Waals surface area contributed by atoms with Gasteiger partial charge in [0.05, 0.1) is 23.7 Å². The predicted octanol–water partition coefficient (Wildman–Crippen LogP) is 3.73. The Hall–Kier alpha value is -3.16. The molecule has 0 aliphatic heterocycles. The number of nitrogens with zero attached hydrogens (tertiary/aromatic N) is 3. The minimum Gasteiger partial charge on any atom is -0.505 e. The summed E-state index contributed by atoms with van der Waals surface area (Å²) in [7, 11) is 2.94. The Morgan fingerprint density at radius 3 is 2.79 bits per heavy atom. The summed E-state index contributed by atoms with van der Waals surface area (Å²) in [4.78, 5) is 18.9. The third kappa shape index (κ3) is 3.18. The molecule has 5 rings (SSSR count). The zero-order valence-electron chi connectivity index (χ0n) is 18.2. The van der Waals surface area contributed by atoms with Crippen molar-refractivity contribution in [3.8, 4) is 17.6 Å². The lowest BCUT2D eigenvalue weighted by molar-refractivity contribution is 0.211. The second-order valence-electron chi connectivity index (χ2n) is 8.54. The van der Waals surface area contributed by atoms with E-state index < -0.39 is 11.2 Å². The number of hydrogen-bond donors (Lipinski definition) is 2. The van der Waals surface area contributed by atoms with Crippen molar-refractivity contribution < 1.29 is 19.1 Å². The Balaban J connectivity index is 1.84. The highest BCUT2D eigenvalue weighted by molar-refractivity contribution is 7.19. The number of aromatic nitrogens is 1. The summed E-state index contributed by atoms with van der Waals surface area (Å²) >= 11 is 1.07. The van der Waals surface area contributed by atoms with Gasteiger partial charge in [-0.25, -0.2) is 4.39 Å². The Bertz CT molecular complexity index is 1420. The van der Waals surface area contributed by atoms with Crippen molar-refractivity contribution in [2.75, 3.05) is 20.8 Å². The molecule has 33 heavy (non-hydrogen) atoms. The average Bonchev–Trinajstić information content (AvgIpc) is 3.48. The number of hydrogen-bond acceptors (Lipinski definition) is 8. The molecule has 2 aliphatic carbocycles. The van der Waals surface area contributed by atoms with Crippen LogP contribution in [-0.2, 0) is 4.84 Å². The highest BCUT2D eigenvalue weighted by Crippen LogP contribution is 2.49. The molecule has 3 aromatic rings. The molecular weight excluding hydrogens is 447 g/mol. The lowest BCUT2D eigenvalue weighted by Crippen LogP contribution is -2.18. The number of aromatic hydroxyl groups is 1. The van der Waals surface area contributed by atoms with Gasteiger partial charge >= 0.3 is 0 Å². The number of pyridine rings is 1. The topological polar surface area (TPSA) is 123 Å². The molecular formula is C23H23FN4O4S. The van der Waals surface area contributed by atoms with E-state index in [4.69, 9.17) is 15.3 Å². The molecule has 0 amide bonds. The zero-order valence-corrected chi connectivity index (χ0v) is 19.0. The maximum Gasteiger partial charge on any atom is 0.202 e. The molecule has 2 fully saturated rings. The van der Waals surface area contributed by atoms with Crippen LogP contribution in [-0.4, -0.2) is 36.1 Å². The number of thiophene rings is 1. The maximum atomic E-state index is 15.6. The summed E-state index contributed by atoms with van der Waals surface area (Å²) in [6.45, 7) is 0.370. The Morgan fingerprint density at radius 1 is 1.42 bits per heavy atom. The average molecular weight is 471 g/mol. The van der Waals surface area contributed by atoms with E-state index >= 15 is 4.39 Å². The fourth-order valence-electron chi connectivity index (χ4n) is 5.07. The van der Waals surface area contributed by atoms with Crippen molar-refractivity contribution in [3.05, 3.63) is 32.5 Å². The van der Waals surface area contributed by atoms with Crippen molar-refractivity contribution >= 4 is 38.2 Å². The van der Waals surface area contributed by atoms with Gasteiger partial charge < -0.3 is 25.0 Å². The van der Waals surface area contributed by atoms with E-state index in [2.05, 4.69) is 5.16 Å². The quantitative estimate of drug-likeness (QED) is 0.548. The summed E-state index contributed by atoms with van der Waals surface area (Å²) in [5, 5.41) is 24.2. The second kappa shape index (κ2) is 8.01. The Labute approximate surface area is 192 Å². The molecule has 0 spiro atoms. The second-order valence-corrected chi connectivity index (χ2v) is 9.54. The molecule has 2 unspecified atom stereocenters. The molecule has 2 atom stereocenters. The van der Waals surface area contributed by atoms with Gasteiger partial charge in [0.25, 0.3) is 0 Å². The Morgan fingerprint density at radius 2 is 2.18 bits per heavy atom. The third-order valence-corrected chi connectivity index (χ3v) is 7.74. The van der Waals surface area contributed by atoms with Crippen molar-refractivity contribution in [3.63, 3.8) is 0 Å². The summed E-state index contributed by atoms with van der Waals surface area (Å²) < 4.78 is 23.3. The number of benzene rings is 1. The van der Waals surface area contributed by atoms with Crippen LogP contribution in [0.15, 0.2) is 16.0 Å². The number of nitrogens with two attached hydrogens (primary N) is 1. The number of ether oxygens (including phenoxy) is 1. The molecule has 2 aliphatic rings. The van der Waals surface area contributed by atoms with Crippen LogP contribution in [0, 0.1) is 23.1 Å². The number of rotatable bonds is 5. The number of methoxy groups -OCH3 is 1. The van der Waals surface area contributed by atoms with E-state index in [1.807, 2.05) is 10.6 Å². The van der Waals surface area contributed by atoms with E-state index in [-0.39, 0.29) is 39.3 Å². The number of fused-ring (bicyclic) bond motifs is 2. The van der Waals surface area contributed by atoms with E-state index in [0.717, 1.165) is 29.9 Å². The Kier molecular flexibility index (Phi) is 5.26. The number of halogens is 1. The molecule has 0 bridgehead atoms. The first-order chi connectivity index (χ1) is 15.9. The first-order valence-corrected chi connectivity index (χ1v) is 11.6. The minimum atomic E-state index is -0.548. The number of nitriles is 1. The van der Waals surface area contributed by atoms with Crippen LogP contribution in [0.2, 0.25) is 0 Å². The first-order valence-electron chi connectivity index (χ1n) is 10.7.